The maximum absolute atomic E-state index is 14.4. The van der Waals surface area contributed by atoms with Gasteiger partial charge in [0.25, 0.3) is 0 Å². The molecular weight excluding hydrogens is 319 g/mol. The number of aromatic nitrogens is 2. The lowest BCUT2D eigenvalue weighted by molar-refractivity contribution is 0.0295. The highest BCUT2D eigenvalue weighted by molar-refractivity contribution is 6.30. The van der Waals surface area contributed by atoms with Gasteiger partial charge in [-0.3, -0.25) is 9.78 Å². The van der Waals surface area contributed by atoms with Gasteiger partial charge in [-0.15, -0.1) is 0 Å². The summed E-state index contributed by atoms with van der Waals surface area (Å²) in [4.78, 5) is 20.4. The molecule has 4 nitrogen and oxygen atoms in total. The molecular formula is C17H14ClFN2O2. The third-order valence-corrected chi connectivity index (χ3v) is 4.63. The van der Waals surface area contributed by atoms with E-state index in [4.69, 9.17) is 16.3 Å². The first-order valence-corrected chi connectivity index (χ1v) is 7.92. The molecule has 0 radical (unpaired) electrons. The summed E-state index contributed by atoms with van der Waals surface area (Å²) in [6, 6.07) is 2.86. The Morgan fingerprint density at radius 1 is 1.39 bits per heavy atom. The molecule has 2 bridgehead atoms. The quantitative estimate of drug-likeness (QED) is 0.782. The number of halogens is 2. The number of ketones is 1. The second kappa shape index (κ2) is 5.35. The van der Waals surface area contributed by atoms with Crippen molar-refractivity contribution in [2.75, 3.05) is 0 Å². The van der Waals surface area contributed by atoms with Crippen LogP contribution in [0.5, 0.6) is 0 Å². The van der Waals surface area contributed by atoms with Crippen LogP contribution >= 0.6 is 11.6 Å². The SMILES string of the molecule is CC(=O)c1cc(-c2ncc(Cl)cc2F)c2c(n1)[C@H]1CC[C@@H](C2)O1. The number of hydrogen-bond donors (Lipinski definition) is 0. The van der Waals surface area contributed by atoms with Gasteiger partial charge in [0, 0.05) is 25.1 Å². The van der Waals surface area contributed by atoms with Crippen LogP contribution in [0.2, 0.25) is 5.02 Å². The van der Waals surface area contributed by atoms with Crippen LogP contribution in [0.4, 0.5) is 4.39 Å². The zero-order chi connectivity index (χ0) is 16.1. The molecule has 118 valence electrons. The van der Waals surface area contributed by atoms with Gasteiger partial charge in [0.05, 0.1) is 16.8 Å². The highest BCUT2D eigenvalue weighted by Crippen LogP contribution is 2.43. The summed E-state index contributed by atoms with van der Waals surface area (Å²) in [5, 5.41) is 0.240. The molecule has 0 aromatic carbocycles. The summed E-state index contributed by atoms with van der Waals surface area (Å²) in [7, 11) is 0. The Labute approximate surface area is 137 Å². The van der Waals surface area contributed by atoms with E-state index < -0.39 is 5.82 Å². The zero-order valence-corrected chi connectivity index (χ0v) is 13.2. The summed E-state index contributed by atoms with van der Waals surface area (Å²) < 4.78 is 20.3. The average molecular weight is 333 g/mol. The Hall–Kier alpha value is -1.85. The minimum absolute atomic E-state index is 0.114. The van der Waals surface area contributed by atoms with Crippen LogP contribution in [-0.2, 0) is 11.2 Å². The molecule has 2 aromatic heterocycles. The normalized spacial score (nSPS) is 22.0. The van der Waals surface area contributed by atoms with E-state index in [0.717, 1.165) is 24.1 Å². The van der Waals surface area contributed by atoms with Crippen molar-refractivity contribution in [2.45, 2.75) is 38.4 Å². The largest absolute Gasteiger partial charge is 0.368 e. The van der Waals surface area contributed by atoms with Gasteiger partial charge in [-0.25, -0.2) is 9.37 Å². The van der Waals surface area contributed by atoms with Crippen LogP contribution in [-0.4, -0.2) is 21.9 Å². The molecule has 0 unspecified atom stereocenters. The van der Waals surface area contributed by atoms with E-state index >= 15 is 0 Å². The lowest BCUT2D eigenvalue weighted by atomic mass is 9.94. The van der Waals surface area contributed by atoms with Gasteiger partial charge in [-0.05, 0) is 30.5 Å². The molecule has 2 aliphatic heterocycles. The molecule has 23 heavy (non-hydrogen) atoms. The molecule has 6 heteroatoms. The van der Waals surface area contributed by atoms with Crippen molar-refractivity contribution in [3.63, 3.8) is 0 Å². The molecule has 0 aliphatic carbocycles. The van der Waals surface area contributed by atoms with E-state index in [1.807, 2.05) is 0 Å². The number of Topliss-reactive ketones (excluding diaryl/α,β-unsaturated/α-hetero) is 1. The number of nitrogens with zero attached hydrogens (tertiary/aromatic N) is 2. The molecule has 1 fully saturated rings. The molecule has 2 aliphatic rings. The van der Waals surface area contributed by atoms with Crippen LogP contribution in [0.3, 0.4) is 0 Å². The van der Waals surface area contributed by atoms with Crippen molar-refractivity contribution in [3.8, 4) is 11.3 Å². The second-order valence-corrected chi connectivity index (χ2v) is 6.42. The first-order chi connectivity index (χ1) is 11.0. The van der Waals surface area contributed by atoms with E-state index in [-0.39, 0.29) is 28.7 Å². The van der Waals surface area contributed by atoms with Crippen LogP contribution in [0.25, 0.3) is 11.3 Å². The second-order valence-electron chi connectivity index (χ2n) is 5.99. The van der Waals surface area contributed by atoms with Crippen molar-refractivity contribution >= 4 is 17.4 Å². The van der Waals surface area contributed by atoms with Gasteiger partial charge in [0.2, 0.25) is 0 Å². The zero-order valence-electron chi connectivity index (χ0n) is 12.5. The third-order valence-electron chi connectivity index (χ3n) is 4.42. The minimum Gasteiger partial charge on any atom is -0.368 e. The Balaban J connectivity index is 1.97. The molecule has 2 atom stereocenters. The van der Waals surface area contributed by atoms with Crippen molar-refractivity contribution in [1.82, 2.24) is 9.97 Å². The number of hydrogen-bond acceptors (Lipinski definition) is 4. The Kier molecular flexibility index (Phi) is 3.43. The maximum atomic E-state index is 14.4. The predicted molar refractivity (Wildman–Crippen MR) is 83.0 cm³/mol. The molecule has 0 saturated carbocycles. The standard InChI is InChI=1S/C17H14ClFN2O2/c1-8(22)14-6-12(16-13(19)4-9(18)7-20-16)11-5-10-2-3-15(23-10)17(11)21-14/h4,6-7,10,15H,2-3,5H2,1H3/t10-,15+/m0/s1. The highest BCUT2D eigenvalue weighted by atomic mass is 35.5. The van der Waals surface area contributed by atoms with Gasteiger partial charge in [0.15, 0.2) is 11.6 Å². The van der Waals surface area contributed by atoms with E-state index in [2.05, 4.69) is 9.97 Å². The molecule has 0 spiro atoms. The van der Waals surface area contributed by atoms with Gasteiger partial charge >= 0.3 is 0 Å². The Bertz CT molecular complexity index is 824. The first-order valence-electron chi connectivity index (χ1n) is 7.54. The van der Waals surface area contributed by atoms with Crippen LogP contribution < -0.4 is 0 Å². The molecule has 4 heterocycles. The smallest absolute Gasteiger partial charge is 0.178 e. The van der Waals surface area contributed by atoms with Crippen molar-refractivity contribution in [2.24, 2.45) is 0 Å². The maximum Gasteiger partial charge on any atom is 0.178 e. The predicted octanol–water partition coefficient (Wildman–Crippen LogP) is 3.91. The highest BCUT2D eigenvalue weighted by Gasteiger charge is 2.37. The fraction of sp³-hybridized carbons (Fsp3) is 0.353. The van der Waals surface area contributed by atoms with Gasteiger partial charge < -0.3 is 4.74 Å². The number of pyridine rings is 2. The van der Waals surface area contributed by atoms with Crippen LogP contribution in [0.15, 0.2) is 18.3 Å². The number of carbonyl (C=O) groups is 1. The third kappa shape index (κ3) is 2.44. The van der Waals surface area contributed by atoms with Crippen molar-refractivity contribution in [3.05, 3.63) is 46.1 Å². The minimum atomic E-state index is -0.501. The summed E-state index contributed by atoms with van der Waals surface area (Å²) in [6.07, 6.45) is 3.92. The summed E-state index contributed by atoms with van der Waals surface area (Å²) in [5.74, 6) is -0.664. The number of rotatable bonds is 2. The van der Waals surface area contributed by atoms with Crippen molar-refractivity contribution < 1.29 is 13.9 Å². The van der Waals surface area contributed by atoms with E-state index in [0.29, 0.717) is 17.7 Å². The van der Waals surface area contributed by atoms with Gasteiger partial charge in [-0.1, -0.05) is 11.6 Å². The summed E-state index contributed by atoms with van der Waals surface area (Å²) in [6.45, 7) is 1.45. The fourth-order valence-corrected chi connectivity index (χ4v) is 3.51. The molecule has 0 amide bonds. The molecule has 1 saturated heterocycles. The number of carbonyl (C=O) groups excluding carboxylic acids is 1. The summed E-state index contributed by atoms with van der Waals surface area (Å²) in [5.41, 5.74) is 2.82. The fourth-order valence-electron chi connectivity index (χ4n) is 3.36. The lowest BCUT2D eigenvalue weighted by Crippen LogP contribution is -2.21. The number of fused-ring (bicyclic) bond motifs is 4. The van der Waals surface area contributed by atoms with Crippen molar-refractivity contribution in [1.29, 1.82) is 0 Å². The van der Waals surface area contributed by atoms with Crippen LogP contribution in [0.1, 0.15) is 47.6 Å². The molecule has 0 N–H and O–H groups in total. The Morgan fingerprint density at radius 2 is 2.22 bits per heavy atom. The first kappa shape index (κ1) is 14.7. The van der Waals surface area contributed by atoms with Gasteiger partial charge in [-0.2, -0.15) is 0 Å². The summed E-state index contributed by atoms with van der Waals surface area (Å²) >= 11 is 5.80. The Morgan fingerprint density at radius 3 is 2.96 bits per heavy atom. The topological polar surface area (TPSA) is 52.1 Å². The lowest BCUT2D eigenvalue weighted by Gasteiger charge is -2.25. The molecule has 2 aromatic rings. The van der Waals surface area contributed by atoms with E-state index in [1.165, 1.54) is 19.2 Å². The van der Waals surface area contributed by atoms with E-state index in [9.17, 15) is 9.18 Å². The monoisotopic (exact) mass is 332 g/mol. The van der Waals surface area contributed by atoms with E-state index in [1.54, 1.807) is 6.07 Å². The van der Waals surface area contributed by atoms with Gasteiger partial charge in [0.1, 0.15) is 17.5 Å². The van der Waals surface area contributed by atoms with Crippen LogP contribution in [0, 0.1) is 5.82 Å². The average Bonchev–Trinajstić information content (AvgIpc) is 2.89. The molecule has 4 rings (SSSR count). The number of ether oxygens (including phenoxy) is 1.